The predicted molar refractivity (Wildman–Crippen MR) is 69.8 cm³/mol. The molecule has 1 N–H and O–H groups in total. The molecule has 1 heterocycles. The summed E-state index contributed by atoms with van der Waals surface area (Å²) in [6.45, 7) is 6.18. The first kappa shape index (κ1) is 12.7. The molecule has 0 unspecified atom stereocenters. The van der Waals surface area contributed by atoms with Gasteiger partial charge in [-0.25, -0.2) is 0 Å². The van der Waals surface area contributed by atoms with Gasteiger partial charge in [0.15, 0.2) is 0 Å². The summed E-state index contributed by atoms with van der Waals surface area (Å²) in [4.78, 5) is 2.42. The summed E-state index contributed by atoms with van der Waals surface area (Å²) in [5, 5.41) is 3.32. The Kier molecular flexibility index (Phi) is 4.63. The van der Waals surface area contributed by atoms with Crippen LogP contribution in [-0.4, -0.2) is 25.0 Å². The first-order chi connectivity index (χ1) is 8.29. The Morgan fingerprint density at radius 3 is 2.94 bits per heavy atom. The monoisotopic (exact) mass is 236 g/mol. The Morgan fingerprint density at radius 2 is 2.29 bits per heavy atom. The van der Waals surface area contributed by atoms with Gasteiger partial charge in [-0.05, 0) is 38.4 Å². The van der Waals surface area contributed by atoms with E-state index in [-0.39, 0.29) is 0 Å². The lowest BCUT2D eigenvalue weighted by atomic mass is 9.85. The van der Waals surface area contributed by atoms with Crippen molar-refractivity contribution in [3.63, 3.8) is 0 Å². The minimum atomic E-state index is 0.843. The van der Waals surface area contributed by atoms with E-state index in [9.17, 15) is 0 Å². The van der Waals surface area contributed by atoms with E-state index >= 15 is 0 Å². The Morgan fingerprint density at radius 1 is 1.47 bits per heavy atom. The van der Waals surface area contributed by atoms with E-state index in [1.54, 1.807) is 6.26 Å². The van der Waals surface area contributed by atoms with Crippen LogP contribution in [0.2, 0.25) is 0 Å². The van der Waals surface area contributed by atoms with E-state index < -0.39 is 0 Å². The van der Waals surface area contributed by atoms with Crippen molar-refractivity contribution in [2.24, 2.45) is 5.92 Å². The van der Waals surface area contributed by atoms with Crippen molar-refractivity contribution >= 4 is 0 Å². The van der Waals surface area contributed by atoms with Crippen molar-refractivity contribution in [3.05, 3.63) is 23.7 Å². The summed E-state index contributed by atoms with van der Waals surface area (Å²) in [5.41, 5.74) is 1.33. The summed E-state index contributed by atoms with van der Waals surface area (Å²) in [7, 11) is 2.21. The van der Waals surface area contributed by atoms with Crippen LogP contribution in [-0.2, 0) is 13.1 Å². The van der Waals surface area contributed by atoms with Gasteiger partial charge in [-0.1, -0.05) is 13.3 Å². The van der Waals surface area contributed by atoms with Gasteiger partial charge in [-0.15, -0.1) is 0 Å². The average molecular weight is 236 g/mol. The van der Waals surface area contributed by atoms with Gasteiger partial charge in [0.25, 0.3) is 0 Å². The zero-order valence-corrected chi connectivity index (χ0v) is 11.0. The third kappa shape index (κ3) is 3.58. The fourth-order valence-corrected chi connectivity index (χ4v) is 2.37. The minimum Gasteiger partial charge on any atom is -0.468 e. The number of furan rings is 1. The zero-order valence-electron chi connectivity index (χ0n) is 11.0. The first-order valence-corrected chi connectivity index (χ1v) is 6.74. The molecule has 3 heteroatoms. The largest absolute Gasteiger partial charge is 0.468 e. The van der Waals surface area contributed by atoms with Crippen LogP contribution in [0.5, 0.6) is 0 Å². The van der Waals surface area contributed by atoms with Crippen molar-refractivity contribution in [1.82, 2.24) is 10.2 Å². The topological polar surface area (TPSA) is 28.4 Å². The van der Waals surface area contributed by atoms with Crippen LogP contribution >= 0.6 is 0 Å². The quantitative estimate of drug-likeness (QED) is 0.789. The second-order valence-corrected chi connectivity index (χ2v) is 5.14. The molecular weight excluding hydrogens is 212 g/mol. The Bertz CT molecular complexity index is 331. The first-order valence-electron chi connectivity index (χ1n) is 6.74. The Labute approximate surface area is 104 Å². The van der Waals surface area contributed by atoms with Gasteiger partial charge in [0.1, 0.15) is 5.76 Å². The van der Waals surface area contributed by atoms with Gasteiger partial charge in [0, 0.05) is 18.7 Å². The summed E-state index contributed by atoms with van der Waals surface area (Å²) in [6.07, 6.45) is 6.06. The molecule has 1 aliphatic rings. The second-order valence-electron chi connectivity index (χ2n) is 5.14. The van der Waals surface area contributed by atoms with Crippen molar-refractivity contribution in [1.29, 1.82) is 0 Å². The van der Waals surface area contributed by atoms with Gasteiger partial charge in [-0.3, -0.25) is 0 Å². The third-order valence-corrected chi connectivity index (χ3v) is 3.61. The maximum atomic E-state index is 5.52. The number of nitrogens with one attached hydrogen (secondary N) is 1. The normalized spacial score (nSPS) is 16.4. The molecule has 1 saturated carbocycles. The molecule has 1 aliphatic carbocycles. The fourth-order valence-electron chi connectivity index (χ4n) is 2.37. The molecule has 96 valence electrons. The molecule has 1 aromatic rings. The average Bonchev–Trinajstić information content (AvgIpc) is 2.68. The number of nitrogens with zero attached hydrogens (tertiary/aromatic N) is 1. The lowest BCUT2D eigenvalue weighted by Gasteiger charge is -2.30. The van der Waals surface area contributed by atoms with Crippen molar-refractivity contribution in [2.45, 2.75) is 39.3 Å². The number of hydrogen-bond donors (Lipinski definition) is 1. The third-order valence-electron chi connectivity index (χ3n) is 3.61. The minimum absolute atomic E-state index is 0.843. The standard InChI is InChI=1S/C14H24N2O/c1-3-15-9-14-13(7-8-17-14)11-16(2)10-12-5-4-6-12/h7-8,12,15H,3-6,9-11H2,1-2H3. The SMILES string of the molecule is CCNCc1occc1CN(C)CC1CCC1. The molecule has 0 atom stereocenters. The van der Waals surface area contributed by atoms with Crippen molar-refractivity contribution < 1.29 is 4.42 Å². The number of hydrogen-bond acceptors (Lipinski definition) is 3. The highest BCUT2D eigenvalue weighted by Crippen LogP contribution is 2.27. The molecule has 3 nitrogen and oxygen atoms in total. The highest BCUT2D eigenvalue weighted by molar-refractivity contribution is 5.16. The van der Waals surface area contributed by atoms with E-state index in [0.717, 1.165) is 31.3 Å². The smallest absolute Gasteiger partial charge is 0.122 e. The van der Waals surface area contributed by atoms with Gasteiger partial charge < -0.3 is 14.6 Å². The van der Waals surface area contributed by atoms with Gasteiger partial charge in [0.05, 0.1) is 12.8 Å². The van der Waals surface area contributed by atoms with Crippen LogP contribution in [0.25, 0.3) is 0 Å². The molecule has 0 saturated heterocycles. The maximum Gasteiger partial charge on any atom is 0.122 e. The Hall–Kier alpha value is -0.800. The lowest BCUT2D eigenvalue weighted by Crippen LogP contribution is -2.29. The molecule has 0 bridgehead atoms. The highest BCUT2D eigenvalue weighted by atomic mass is 16.3. The predicted octanol–water partition coefficient (Wildman–Crippen LogP) is 2.62. The van der Waals surface area contributed by atoms with E-state index in [4.69, 9.17) is 4.42 Å². The maximum absolute atomic E-state index is 5.52. The molecule has 0 aromatic carbocycles. The van der Waals surface area contributed by atoms with E-state index in [1.165, 1.54) is 31.4 Å². The van der Waals surface area contributed by atoms with Crippen LogP contribution in [0.15, 0.2) is 16.7 Å². The molecule has 1 aromatic heterocycles. The van der Waals surface area contributed by atoms with Crippen LogP contribution in [0.1, 0.15) is 37.5 Å². The van der Waals surface area contributed by atoms with Crippen LogP contribution in [0, 0.1) is 5.92 Å². The van der Waals surface area contributed by atoms with Gasteiger partial charge >= 0.3 is 0 Å². The molecule has 0 radical (unpaired) electrons. The van der Waals surface area contributed by atoms with E-state index in [2.05, 4.69) is 30.3 Å². The zero-order chi connectivity index (χ0) is 12.1. The molecule has 1 fully saturated rings. The van der Waals surface area contributed by atoms with Gasteiger partial charge in [-0.2, -0.15) is 0 Å². The molecule has 0 spiro atoms. The van der Waals surface area contributed by atoms with E-state index in [1.807, 2.05) is 0 Å². The molecular formula is C14H24N2O. The second kappa shape index (κ2) is 6.22. The van der Waals surface area contributed by atoms with Crippen molar-refractivity contribution in [2.75, 3.05) is 20.1 Å². The molecule has 0 aliphatic heterocycles. The van der Waals surface area contributed by atoms with Gasteiger partial charge in [0.2, 0.25) is 0 Å². The van der Waals surface area contributed by atoms with Crippen LogP contribution < -0.4 is 5.32 Å². The van der Waals surface area contributed by atoms with Crippen molar-refractivity contribution in [3.8, 4) is 0 Å². The summed E-state index contributed by atoms with van der Waals surface area (Å²) in [5.74, 6) is 2.02. The van der Waals surface area contributed by atoms with Crippen LogP contribution in [0.3, 0.4) is 0 Å². The summed E-state index contributed by atoms with van der Waals surface area (Å²) >= 11 is 0. The lowest BCUT2D eigenvalue weighted by molar-refractivity contribution is 0.199. The molecule has 0 amide bonds. The molecule has 17 heavy (non-hydrogen) atoms. The Balaban J connectivity index is 1.81. The summed E-state index contributed by atoms with van der Waals surface area (Å²) < 4.78 is 5.52. The van der Waals surface area contributed by atoms with Crippen LogP contribution in [0.4, 0.5) is 0 Å². The summed E-state index contributed by atoms with van der Waals surface area (Å²) in [6, 6.07) is 2.10. The molecule has 2 rings (SSSR count). The number of rotatable bonds is 7. The fraction of sp³-hybridized carbons (Fsp3) is 0.714. The highest BCUT2D eigenvalue weighted by Gasteiger charge is 2.19. The van der Waals surface area contributed by atoms with E-state index in [0.29, 0.717) is 0 Å².